The van der Waals surface area contributed by atoms with E-state index < -0.39 is 0 Å². The van der Waals surface area contributed by atoms with Crippen LogP contribution in [-0.4, -0.2) is 60.0 Å². The number of hydrogen-bond donors (Lipinski definition) is 1. The van der Waals surface area contributed by atoms with Crippen molar-refractivity contribution in [1.82, 2.24) is 20.1 Å². The lowest BCUT2D eigenvalue weighted by atomic mass is 10.0. The molecule has 2 saturated heterocycles. The van der Waals surface area contributed by atoms with Crippen molar-refractivity contribution < 1.29 is 4.79 Å². The Labute approximate surface area is 130 Å². The second kappa shape index (κ2) is 6.85. The zero-order valence-electron chi connectivity index (χ0n) is 12.7. The highest BCUT2D eigenvalue weighted by Crippen LogP contribution is 2.16. The van der Waals surface area contributed by atoms with E-state index in [2.05, 4.69) is 20.6 Å². The number of nitrogens with zero attached hydrogens (tertiary/aromatic N) is 3. The molecule has 3 heterocycles. The molecule has 2 aliphatic rings. The minimum absolute atomic E-state index is 0.341. The number of nitrogens with one attached hydrogen (secondary N) is 1. The van der Waals surface area contributed by atoms with Gasteiger partial charge in [0, 0.05) is 44.5 Å². The lowest BCUT2D eigenvalue weighted by Gasteiger charge is -2.34. The van der Waals surface area contributed by atoms with Crippen LogP contribution < -0.4 is 5.32 Å². The van der Waals surface area contributed by atoms with Gasteiger partial charge in [-0.2, -0.15) is 0 Å². The van der Waals surface area contributed by atoms with E-state index in [1.165, 1.54) is 0 Å². The molecule has 0 aromatic carbocycles. The summed E-state index contributed by atoms with van der Waals surface area (Å²) in [6.07, 6.45) is 1.87. The second-order valence-corrected chi connectivity index (χ2v) is 7.14. The first kappa shape index (κ1) is 14.9. The minimum Gasteiger partial charge on any atom is -0.340 e. The fourth-order valence-corrected chi connectivity index (χ4v) is 3.73. The van der Waals surface area contributed by atoms with E-state index in [0.717, 1.165) is 69.4 Å². The highest BCUT2D eigenvalue weighted by molar-refractivity contribution is 7.09. The number of carbonyl (C=O) groups excluding carboxylic acids is 1. The Morgan fingerprint density at radius 1 is 1.43 bits per heavy atom. The third-order valence-electron chi connectivity index (χ3n) is 4.40. The van der Waals surface area contributed by atoms with Crippen LogP contribution in [0.15, 0.2) is 5.38 Å². The number of amides is 1. The van der Waals surface area contributed by atoms with Gasteiger partial charge in [-0.05, 0) is 32.4 Å². The Morgan fingerprint density at radius 3 is 2.86 bits per heavy atom. The first-order chi connectivity index (χ1) is 10.2. The quantitative estimate of drug-likeness (QED) is 0.905. The smallest absolute Gasteiger partial charge is 0.222 e. The monoisotopic (exact) mass is 308 g/mol. The number of carbonyl (C=O) groups is 1. The molecule has 1 atom stereocenters. The van der Waals surface area contributed by atoms with Gasteiger partial charge in [-0.25, -0.2) is 4.98 Å². The molecule has 3 rings (SSSR count). The molecule has 0 saturated carbocycles. The highest BCUT2D eigenvalue weighted by Gasteiger charge is 2.25. The van der Waals surface area contributed by atoms with Crippen molar-refractivity contribution in [1.29, 1.82) is 0 Å². The Hall–Kier alpha value is -0.980. The number of piperazine rings is 1. The molecule has 0 radical (unpaired) electrons. The van der Waals surface area contributed by atoms with E-state index in [-0.39, 0.29) is 0 Å². The lowest BCUT2D eigenvalue weighted by Crippen LogP contribution is -2.48. The van der Waals surface area contributed by atoms with Crippen molar-refractivity contribution in [2.75, 3.05) is 39.3 Å². The van der Waals surface area contributed by atoms with Crippen LogP contribution in [0.5, 0.6) is 0 Å². The summed E-state index contributed by atoms with van der Waals surface area (Å²) in [7, 11) is 0. The number of rotatable bonds is 4. The lowest BCUT2D eigenvalue weighted by molar-refractivity contribution is -0.133. The zero-order valence-corrected chi connectivity index (χ0v) is 13.5. The maximum absolute atomic E-state index is 12.3. The Balaban J connectivity index is 1.42. The van der Waals surface area contributed by atoms with Gasteiger partial charge in [0.1, 0.15) is 0 Å². The average Bonchev–Trinajstić information content (AvgIpc) is 3.12. The fraction of sp³-hybridized carbons (Fsp3) is 0.733. The largest absolute Gasteiger partial charge is 0.340 e. The minimum atomic E-state index is 0.341. The molecule has 5 nitrogen and oxygen atoms in total. The van der Waals surface area contributed by atoms with Crippen LogP contribution in [0.2, 0.25) is 0 Å². The molecule has 2 aliphatic heterocycles. The van der Waals surface area contributed by atoms with Crippen LogP contribution in [0.1, 0.15) is 23.5 Å². The van der Waals surface area contributed by atoms with E-state index in [9.17, 15) is 4.79 Å². The number of hydrogen-bond acceptors (Lipinski definition) is 5. The van der Waals surface area contributed by atoms with Crippen molar-refractivity contribution in [3.05, 3.63) is 16.1 Å². The number of aromatic nitrogens is 1. The molecule has 6 heteroatoms. The van der Waals surface area contributed by atoms with E-state index >= 15 is 0 Å². The zero-order chi connectivity index (χ0) is 14.7. The van der Waals surface area contributed by atoms with Gasteiger partial charge in [0.05, 0.1) is 10.7 Å². The van der Waals surface area contributed by atoms with E-state index in [0.29, 0.717) is 11.8 Å². The van der Waals surface area contributed by atoms with Gasteiger partial charge >= 0.3 is 0 Å². The van der Waals surface area contributed by atoms with Gasteiger partial charge in [0.2, 0.25) is 5.91 Å². The molecule has 21 heavy (non-hydrogen) atoms. The fourth-order valence-electron chi connectivity index (χ4n) is 3.13. The summed E-state index contributed by atoms with van der Waals surface area (Å²) in [5, 5.41) is 6.60. The second-order valence-electron chi connectivity index (χ2n) is 6.08. The Bertz CT molecular complexity index is 476. The standard InChI is InChI=1S/C15H24N4OS/c1-12-17-14(11-21-12)10-18-4-6-19(7-5-18)15(20)8-13-2-3-16-9-13/h11,13,16H,2-10H2,1H3. The van der Waals surface area contributed by atoms with Crippen molar-refractivity contribution in [3.63, 3.8) is 0 Å². The highest BCUT2D eigenvalue weighted by atomic mass is 32.1. The molecular formula is C15H24N4OS. The summed E-state index contributed by atoms with van der Waals surface area (Å²) in [4.78, 5) is 21.2. The van der Waals surface area contributed by atoms with Gasteiger partial charge in [-0.15, -0.1) is 11.3 Å². The number of thiazole rings is 1. The number of aryl methyl sites for hydroxylation is 1. The van der Waals surface area contributed by atoms with Crippen molar-refractivity contribution in [3.8, 4) is 0 Å². The van der Waals surface area contributed by atoms with E-state index in [1.807, 2.05) is 11.8 Å². The SMILES string of the molecule is Cc1nc(CN2CCN(C(=O)CC3CCNC3)CC2)cs1. The van der Waals surface area contributed by atoms with Gasteiger partial charge in [-0.3, -0.25) is 9.69 Å². The topological polar surface area (TPSA) is 48.5 Å². The van der Waals surface area contributed by atoms with Crippen LogP contribution in [-0.2, 0) is 11.3 Å². The first-order valence-corrected chi connectivity index (χ1v) is 8.70. The van der Waals surface area contributed by atoms with E-state index in [4.69, 9.17) is 0 Å². The molecular weight excluding hydrogens is 284 g/mol. The molecule has 1 aromatic rings. The van der Waals surface area contributed by atoms with Gasteiger partial charge in [-0.1, -0.05) is 0 Å². The van der Waals surface area contributed by atoms with Crippen molar-refractivity contribution >= 4 is 17.2 Å². The Morgan fingerprint density at radius 2 is 2.24 bits per heavy atom. The molecule has 1 N–H and O–H groups in total. The summed E-state index contributed by atoms with van der Waals surface area (Å²) >= 11 is 1.71. The van der Waals surface area contributed by atoms with Gasteiger partial charge < -0.3 is 10.2 Å². The summed E-state index contributed by atoms with van der Waals surface area (Å²) in [6, 6.07) is 0. The van der Waals surface area contributed by atoms with Crippen molar-refractivity contribution in [2.45, 2.75) is 26.3 Å². The summed E-state index contributed by atoms with van der Waals surface area (Å²) < 4.78 is 0. The third-order valence-corrected chi connectivity index (χ3v) is 5.23. The predicted octanol–water partition coefficient (Wildman–Crippen LogP) is 1.10. The van der Waals surface area contributed by atoms with Crippen LogP contribution in [0.4, 0.5) is 0 Å². The molecule has 0 spiro atoms. The molecule has 1 aromatic heterocycles. The molecule has 0 bridgehead atoms. The van der Waals surface area contributed by atoms with Crippen LogP contribution >= 0.6 is 11.3 Å². The van der Waals surface area contributed by atoms with Crippen LogP contribution in [0.25, 0.3) is 0 Å². The maximum Gasteiger partial charge on any atom is 0.222 e. The van der Waals surface area contributed by atoms with Gasteiger partial charge in [0.25, 0.3) is 0 Å². The molecule has 0 aliphatic carbocycles. The molecule has 2 fully saturated rings. The summed E-state index contributed by atoms with van der Waals surface area (Å²) in [5.41, 5.74) is 1.16. The Kier molecular flexibility index (Phi) is 4.87. The van der Waals surface area contributed by atoms with Crippen molar-refractivity contribution in [2.24, 2.45) is 5.92 Å². The molecule has 1 amide bonds. The van der Waals surface area contributed by atoms with Gasteiger partial charge in [0.15, 0.2) is 0 Å². The summed E-state index contributed by atoms with van der Waals surface area (Å²) in [6.45, 7) is 8.69. The summed E-state index contributed by atoms with van der Waals surface area (Å²) in [5.74, 6) is 0.890. The normalized spacial score (nSPS) is 23.7. The predicted molar refractivity (Wildman–Crippen MR) is 84.3 cm³/mol. The first-order valence-electron chi connectivity index (χ1n) is 7.82. The average molecular weight is 308 g/mol. The van der Waals surface area contributed by atoms with E-state index in [1.54, 1.807) is 11.3 Å². The maximum atomic E-state index is 12.3. The molecule has 116 valence electrons. The van der Waals surface area contributed by atoms with Crippen LogP contribution in [0.3, 0.4) is 0 Å². The molecule has 1 unspecified atom stereocenters. The van der Waals surface area contributed by atoms with Crippen LogP contribution in [0, 0.1) is 12.8 Å². The third kappa shape index (κ3) is 4.02.